The van der Waals surface area contributed by atoms with Gasteiger partial charge in [-0.15, -0.1) is 0 Å². The monoisotopic (exact) mass is 302 g/mol. The molecule has 0 aliphatic carbocycles. The molecule has 0 spiro atoms. The summed E-state index contributed by atoms with van der Waals surface area (Å²) < 4.78 is 27.2. The Labute approximate surface area is 125 Å². The third kappa shape index (κ3) is 2.54. The van der Waals surface area contributed by atoms with Crippen LogP contribution in [0, 0.1) is 6.92 Å². The van der Waals surface area contributed by atoms with E-state index in [9.17, 15) is 8.42 Å². The highest BCUT2D eigenvalue weighted by atomic mass is 32.2. The lowest BCUT2D eigenvalue weighted by Gasteiger charge is -2.28. The van der Waals surface area contributed by atoms with Gasteiger partial charge in [-0.25, -0.2) is 8.42 Å². The maximum atomic E-state index is 12.8. The van der Waals surface area contributed by atoms with Gasteiger partial charge in [-0.05, 0) is 42.2 Å². The summed E-state index contributed by atoms with van der Waals surface area (Å²) in [5.41, 5.74) is 9.25. The minimum atomic E-state index is -3.50. The Morgan fingerprint density at radius 3 is 2.57 bits per heavy atom. The van der Waals surface area contributed by atoms with E-state index in [4.69, 9.17) is 5.73 Å². The summed E-state index contributed by atoms with van der Waals surface area (Å²) in [7, 11) is -3.50. The highest BCUT2D eigenvalue weighted by Gasteiger charge is 2.29. The van der Waals surface area contributed by atoms with Crippen LogP contribution in [0.4, 0.5) is 5.69 Å². The molecule has 0 bridgehead atoms. The molecule has 2 N–H and O–H groups in total. The Hall–Kier alpha value is -1.85. The highest BCUT2D eigenvalue weighted by molar-refractivity contribution is 7.89. The van der Waals surface area contributed by atoms with Gasteiger partial charge in [0.05, 0.1) is 4.90 Å². The lowest BCUT2D eigenvalue weighted by molar-refractivity contribution is 0.391. The number of nitrogens with zero attached hydrogens (tertiary/aromatic N) is 1. The number of hydrogen-bond acceptors (Lipinski definition) is 3. The second-order valence-corrected chi connectivity index (χ2v) is 7.29. The lowest BCUT2D eigenvalue weighted by Crippen LogP contribution is -2.36. The minimum absolute atomic E-state index is 0.307. The maximum Gasteiger partial charge on any atom is 0.243 e. The first kappa shape index (κ1) is 14.1. The average Bonchev–Trinajstić information content (AvgIpc) is 2.49. The van der Waals surface area contributed by atoms with E-state index in [1.165, 1.54) is 9.87 Å². The molecule has 2 aromatic carbocycles. The maximum absolute atomic E-state index is 12.8. The smallest absolute Gasteiger partial charge is 0.243 e. The second-order valence-electron chi connectivity index (χ2n) is 5.38. The van der Waals surface area contributed by atoms with Crippen molar-refractivity contribution in [1.82, 2.24) is 4.31 Å². The summed E-state index contributed by atoms with van der Waals surface area (Å²) in [6, 6.07) is 13.0. The molecule has 0 aromatic heterocycles. The molecule has 0 amide bonds. The zero-order chi connectivity index (χ0) is 15.0. The van der Waals surface area contributed by atoms with Crippen LogP contribution in [-0.2, 0) is 23.0 Å². The Kier molecular flexibility index (Phi) is 3.47. The van der Waals surface area contributed by atoms with Gasteiger partial charge in [0, 0.05) is 18.8 Å². The normalized spacial score (nSPS) is 15.7. The van der Waals surface area contributed by atoms with E-state index in [1.807, 2.05) is 18.2 Å². The molecule has 0 radical (unpaired) electrons. The van der Waals surface area contributed by atoms with Crippen molar-refractivity contribution in [2.24, 2.45) is 0 Å². The number of nitrogen functional groups attached to an aromatic ring is 1. The molecule has 2 aromatic rings. The highest BCUT2D eigenvalue weighted by Crippen LogP contribution is 2.27. The predicted molar refractivity (Wildman–Crippen MR) is 83.3 cm³/mol. The molecule has 0 unspecified atom stereocenters. The summed E-state index contributed by atoms with van der Waals surface area (Å²) in [6.07, 6.45) is 0.747. The van der Waals surface area contributed by atoms with Gasteiger partial charge in [0.15, 0.2) is 0 Å². The summed E-state index contributed by atoms with van der Waals surface area (Å²) in [5, 5.41) is 0. The number of aryl methyl sites for hydroxylation is 1. The SMILES string of the molecule is Cc1ccc(N)cc1S(=O)(=O)N1CCc2ccccc2C1. The van der Waals surface area contributed by atoms with E-state index in [0.717, 1.165) is 17.5 Å². The van der Waals surface area contributed by atoms with Crippen LogP contribution in [0.25, 0.3) is 0 Å². The fourth-order valence-electron chi connectivity index (χ4n) is 2.71. The van der Waals surface area contributed by atoms with Crippen molar-refractivity contribution >= 4 is 15.7 Å². The zero-order valence-corrected chi connectivity index (χ0v) is 12.7. The second kappa shape index (κ2) is 5.16. The van der Waals surface area contributed by atoms with Crippen molar-refractivity contribution in [3.8, 4) is 0 Å². The Morgan fingerprint density at radius 2 is 1.81 bits per heavy atom. The molecule has 110 valence electrons. The number of fused-ring (bicyclic) bond motifs is 1. The first-order chi connectivity index (χ1) is 9.98. The Bertz CT molecular complexity index is 785. The number of nitrogens with two attached hydrogens (primary N) is 1. The predicted octanol–water partition coefficient (Wildman–Crippen LogP) is 2.32. The van der Waals surface area contributed by atoms with Crippen LogP contribution < -0.4 is 5.73 Å². The molecule has 4 nitrogen and oxygen atoms in total. The molecule has 0 atom stereocenters. The van der Waals surface area contributed by atoms with Crippen LogP contribution >= 0.6 is 0 Å². The van der Waals surface area contributed by atoms with Crippen LogP contribution in [0.1, 0.15) is 16.7 Å². The first-order valence-electron chi connectivity index (χ1n) is 6.91. The molecule has 3 rings (SSSR count). The molecule has 0 saturated carbocycles. The summed E-state index contributed by atoms with van der Waals surface area (Å²) in [5.74, 6) is 0. The molecule has 21 heavy (non-hydrogen) atoms. The minimum Gasteiger partial charge on any atom is -0.399 e. The fourth-order valence-corrected chi connectivity index (χ4v) is 4.39. The van der Waals surface area contributed by atoms with Crippen molar-refractivity contribution in [2.75, 3.05) is 12.3 Å². The largest absolute Gasteiger partial charge is 0.399 e. The van der Waals surface area contributed by atoms with Gasteiger partial charge >= 0.3 is 0 Å². The van der Waals surface area contributed by atoms with Crippen molar-refractivity contribution < 1.29 is 8.42 Å². The molecule has 0 saturated heterocycles. The molecule has 1 aliphatic rings. The van der Waals surface area contributed by atoms with Gasteiger partial charge in [-0.1, -0.05) is 30.3 Å². The van der Waals surface area contributed by atoms with E-state index in [-0.39, 0.29) is 0 Å². The van der Waals surface area contributed by atoms with E-state index >= 15 is 0 Å². The molecule has 0 fully saturated rings. The molecule has 1 aliphatic heterocycles. The summed E-state index contributed by atoms with van der Waals surface area (Å²) >= 11 is 0. The number of rotatable bonds is 2. The molecule has 5 heteroatoms. The molecular weight excluding hydrogens is 284 g/mol. The number of hydrogen-bond donors (Lipinski definition) is 1. The van der Waals surface area contributed by atoms with E-state index < -0.39 is 10.0 Å². The third-order valence-electron chi connectivity index (χ3n) is 3.93. The van der Waals surface area contributed by atoms with E-state index in [2.05, 4.69) is 6.07 Å². The lowest BCUT2D eigenvalue weighted by atomic mass is 10.0. The van der Waals surface area contributed by atoms with Crippen molar-refractivity contribution in [3.05, 3.63) is 59.2 Å². The van der Waals surface area contributed by atoms with Gasteiger partial charge in [-0.2, -0.15) is 4.31 Å². The Morgan fingerprint density at radius 1 is 1.10 bits per heavy atom. The average molecular weight is 302 g/mol. The third-order valence-corrected chi connectivity index (χ3v) is 5.91. The topological polar surface area (TPSA) is 63.4 Å². The van der Waals surface area contributed by atoms with Gasteiger partial charge in [0.1, 0.15) is 0 Å². The van der Waals surface area contributed by atoms with Gasteiger partial charge in [0.25, 0.3) is 0 Å². The van der Waals surface area contributed by atoms with Gasteiger partial charge in [0.2, 0.25) is 10.0 Å². The quantitative estimate of drug-likeness (QED) is 0.866. The van der Waals surface area contributed by atoms with Crippen molar-refractivity contribution in [3.63, 3.8) is 0 Å². The van der Waals surface area contributed by atoms with Crippen LogP contribution in [-0.4, -0.2) is 19.3 Å². The number of benzene rings is 2. The summed E-state index contributed by atoms with van der Waals surface area (Å²) in [6.45, 7) is 2.73. The standard InChI is InChI=1S/C16H18N2O2S/c1-12-6-7-15(17)10-16(12)21(19,20)18-9-8-13-4-2-3-5-14(13)11-18/h2-7,10H,8-9,11,17H2,1H3. The number of sulfonamides is 1. The van der Waals surface area contributed by atoms with Crippen LogP contribution in [0.3, 0.4) is 0 Å². The van der Waals surface area contributed by atoms with Crippen LogP contribution in [0.5, 0.6) is 0 Å². The summed E-state index contributed by atoms with van der Waals surface area (Å²) in [4.78, 5) is 0.307. The van der Waals surface area contributed by atoms with Crippen LogP contribution in [0.2, 0.25) is 0 Å². The first-order valence-corrected chi connectivity index (χ1v) is 8.35. The molecule has 1 heterocycles. The van der Waals surface area contributed by atoms with E-state index in [1.54, 1.807) is 25.1 Å². The Balaban J connectivity index is 1.99. The van der Waals surface area contributed by atoms with Gasteiger partial charge < -0.3 is 5.73 Å². The van der Waals surface area contributed by atoms with E-state index in [0.29, 0.717) is 23.7 Å². The number of anilines is 1. The fraction of sp³-hybridized carbons (Fsp3) is 0.250. The zero-order valence-electron chi connectivity index (χ0n) is 11.9. The molecular formula is C16H18N2O2S. The van der Waals surface area contributed by atoms with Gasteiger partial charge in [-0.3, -0.25) is 0 Å². The van der Waals surface area contributed by atoms with Crippen LogP contribution in [0.15, 0.2) is 47.4 Å². The van der Waals surface area contributed by atoms with Crippen molar-refractivity contribution in [1.29, 1.82) is 0 Å². The van der Waals surface area contributed by atoms with Crippen molar-refractivity contribution in [2.45, 2.75) is 24.8 Å².